The van der Waals surface area contributed by atoms with Crippen molar-refractivity contribution in [2.45, 2.75) is 39.4 Å². The van der Waals surface area contributed by atoms with Crippen molar-refractivity contribution in [2.75, 3.05) is 13.1 Å². The molecule has 0 spiro atoms. The molecule has 1 atom stereocenters. The molecule has 8 heteroatoms. The van der Waals surface area contributed by atoms with E-state index in [-0.39, 0.29) is 5.91 Å². The smallest absolute Gasteiger partial charge is 0.273 e. The highest BCUT2D eigenvalue weighted by Crippen LogP contribution is 2.12. The zero-order valence-corrected chi connectivity index (χ0v) is 13.4. The summed E-state index contributed by atoms with van der Waals surface area (Å²) in [4.78, 5) is 16.3. The van der Waals surface area contributed by atoms with Crippen LogP contribution in [-0.2, 0) is 19.6 Å². The van der Waals surface area contributed by atoms with Crippen molar-refractivity contribution in [2.24, 2.45) is 5.92 Å². The Bertz CT molecular complexity index is 642. The molecule has 0 unspecified atom stereocenters. The number of amides is 1. The topological polar surface area (TPSA) is 89.7 Å². The van der Waals surface area contributed by atoms with E-state index in [0.717, 1.165) is 31.9 Å². The van der Waals surface area contributed by atoms with Gasteiger partial charge in [-0.25, -0.2) is 4.98 Å². The molecule has 2 N–H and O–H groups in total. The quantitative estimate of drug-likeness (QED) is 0.806. The van der Waals surface area contributed by atoms with Crippen molar-refractivity contribution < 1.29 is 4.79 Å². The summed E-state index contributed by atoms with van der Waals surface area (Å²) in [5.74, 6) is 0.349. The van der Waals surface area contributed by atoms with Gasteiger partial charge in [0, 0.05) is 19.3 Å². The van der Waals surface area contributed by atoms with Crippen LogP contribution < -0.4 is 10.6 Å². The Labute approximate surface area is 135 Å². The third-order valence-corrected chi connectivity index (χ3v) is 4.18. The third kappa shape index (κ3) is 3.95. The molecular formula is C15H23N7O. The van der Waals surface area contributed by atoms with Gasteiger partial charge >= 0.3 is 0 Å². The summed E-state index contributed by atoms with van der Waals surface area (Å²) in [5, 5.41) is 14.3. The predicted molar refractivity (Wildman–Crippen MR) is 84.7 cm³/mol. The van der Waals surface area contributed by atoms with Gasteiger partial charge in [0.1, 0.15) is 0 Å². The number of hydrogen-bond acceptors (Lipinski definition) is 5. The van der Waals surface area contributed by atoms with Crippen molar-refractivity contribution in [3.8, 4) is 0 Å². The number of piperidine rings is 1. The highest BCUT2D eigenvalue weighted by Gasteiger charge is 2.16. The van der Waals surface area contributed by atoms with E-state index in [1.807, 2.05) is 11.5 Å². The molecule has 3 heterocycles. The molecule has 0 aromatic carbocycles. The SMILES string of the molecule is CCn1cncc1CNC(=O)c1cn(C[C@@H]2CCCNC2)nn1. The van der Waals surface area contributed by atoms with Gasteiger partial charge in [0.25, 0.3) is 5.91 Å². The first-order valence-electron chi connectivity index (χ1n) is 8.14. The fourth-order valence-electron chi connectivity index (χ4n) is 2.88. The molecule has 0 bridgehead atoms. The number of imidazole rings is 1. The minimum Gasteiger partial charge on any atom is -0.345 e. The molecule has 1 saturated heterocycles. The number of nitrogens with one attached hydrogen (secondary N) is 2. The number of carbonyl (C=O) groups excluding carboxylic acids is 1. The standard InChI is InChI=1S/C15H23N7O/c1-2-21-11-17-7-13(21)8-18-15(23)14-10-22(20-19-14)9-12-4-3-5-16-6-12/h7,10-12,16H,2-6,8-9H2,1H3,(H,18,23)/t12-/m1/s1. The van der Waals surface area contributed by atoms with Crippen LogP contribution in [0.3, 0.4) is 0 Å². The molecule has 1 aliphatic heterocycles. The maximum Gasteiger partial charge on any atom is 0.273 e. The summed E-state index contributed by atoms with van der Waals surface area (Å²) in [7, 11) is 0. The van der Waals surface area contributed by atoms with Gasteiger partial charge in [0.15, 0.2) is 5.69 Å². The van der Waals surface area contributed by atoms with Crippen LogP contribution in [-0.4, -0.2) is 43.5 Å². The molecule has 3 rings (SSSR count). The van der Waals surface area contributed by atoms with Gasteiger partial charge in [0.2, 0.25) is 0 Å². The van der Waals surface area contributed by atoms with Crippen LogP contribution in [0.15, 0.2) is 18.7 Å². The van der Waals surface area contributed by atoms with Crippen LogP contribution in [0.25, 0.3) is 0 Å². The summed E-state index contributed by atoms with van der Waals surface area (Å²) >= 11 is 0. The number of rotatable bonds is 6. The molecule has 1 fully saturated rings. The van der Waals surface area contributed by atoms with E-state index >= 15 is 0 Å². The number of hydrogen-bond donors (Lipinski definition) is 2. The molecule has 23 heavy (non-hydrogen) atoms. The minimum atomic E-state index is -0.207. The van der Waals surface area contributed by atoms with Gasteiger partial charge in [-0.2, -0.15) is 0 Å². The Hall–Kier alpha value is -2.22. The molecule has 0 radical (unpaired) electrons. The maximum absolute atomic E-state index is 12.2. The highest BCUT2D eigenvalue weighted by molar-refractivity contribution is 5.91. The molecule has 124 valence electrons. The van der Waals surface area contributed by atoms with Gasteiger partial charge in [0.05, 0.1) is 24.8 Å². The van der Waals surface area contributed by atoms with E-state index in [0.29, 0.717) is 18.2 Å². The number of aryl methyl sites for hydroxylation is 1. The highest BCUT2D eigenvalue weighted by atomic mass is 16.2. The predicted octanol–water partition coefficient (Wildman–Crippen LogP) is 0.424. The van der Waals surface area contributed by atoms with E-state index < -0.39 is 0 Å². The van der Waals surface area contributed by atoms with E-state index in [9.17, 15) is 4.79 Å². The molecule has 2 aromatic heterocycles. The average molecular weight is 317 g/mol. The Kier molecular flexibility index (Phi) is 5.02. The van der Waals surface area contributed by atoms with Gasteiger partial charge < -0.3 is 15.2 Å². The lowest BCUT2D eigenvalue weighted by Gasteiger charge is -2.22. The second-order valence-electron chi connectivity index (χ2n) is 5.89. The number of carbonyl (C=O) groups is 1. The zero-order chi connectivity index (χ0) is 16.1. The monoisotopic (exact) mass is 317 g/mol. The van der Waals surface area contributed by atoms with Crippen LogP contribution in [0.5, 0.6) is 0 Å². The van der Waals surface area contributed by atoms with E-state index in [1.165, 1.54) is 12.8 Å². The number of nitrogens with zero attached hydrogens (tertiary/aromatic N) is 5. The van der Waals surface area contributed by atoms with Gasteiger partial charge in [-0.3, -0.25) is 9.48 Å². The summed E-state index contributed by atoms with van der Waals surface area (Å²) < 4.78 is 3.76. The van der Waals surface area contributed by atoms with Gasteiger partial charge in [-0.05, 0) is 38.8 Å². The van der Waals surface area contributed by atoms with Crippen LogP contribution in [0.2, 0.25) is 0 Å². The normalized spacial score (nSPS) is 18.0. The zero-order valence-electron chi connectivity index (χ0n) is 13.4. The first-order valence-corrected chi connectivity index (χ1v) is 8.14. The summed E-state index contributed by atoms with van der Waals surface area (Å²) in [6.45, 7) is 6.20. The van der Waals surface area contributed by atoms with Crippen LogP contribution in [0, 0.1) is 5.92 Å². The first kappa shape index (κ1) is 15.7. The molecule has 0 aliphatic carbocycles. The van der Waals surface area contributed by atoms with E-state index in [2.05, 4.69) is 25.9 Å². The fourth-order valence-corrected chi connectivity index (χ4v) is 2.88. The summed E-state index contributed by atoms with van der Waals surface area (Å²) in [6, 6.07) is 0. The second-order valence-corrected chi connectivity index (χ2v) is 5.89. The second kappa shape index (κ2) is 7.36. The fraction of sp³-hybridized carbons (Fsp3) is 0.600. The van der Waals surface area contributed by atoms with Crippen LogP contribution >= 0.6 is 0 Å². The van der Waals surface area contributed by atoms with Crippen molar-refractivity contribution in [3.63, 3.8) is 0 Å². The van der Waals surface area contributed by atoms with Crippen molar-refractivity contribution >= 4 is 5.91 Å². The summed E-state index contributed by atoms with van der Waals surface area (Å²) in [6.07, 6.45) is 7.63. The van der Waals surface area contributed by atoms with Crippen LogP contribution in [0.4, 0.5) is 0 Å². The van der Waals surface area contributed by atoms with Crippen molar-refractivity contribution in [1.82, 2.24) is 35.2 Å². The summed E-state index contributed by atoms with van der Waals surface area (Å²) in [5.41, 5.74) is 1.33. The first-order chi connectivity index (χ1) is 11.3. The average Bonchev–Trinajstić information content (AvgIpc) is 3.22. The van der Waals surface area contributed by atoms with E-state index in [1.54, 1.807) is 23.4 Å². The lowest BCUT2D eigenvalue weighted by Crippen LogP contribution is -2.32. The van der Waals surface area contributed by atoms with Crippen molar-refractivity contribution in [3.05, 3.63) is 30.1 Å². The Morgan fingerprint density at radius 1 is 1.52 bits per heavy atom. The Morgan fingerprint density at radius 2 is 2.43 bits per heavy atom. The van der Waals surface area contributed by atoms with E-state index in [4.69, 9.17) is 0 Å². The molecular weight excluding hydrogens is 294 g/mol. The van der Waals surface area contributed by atoms with Crippen molar-refractivity contribution in [1.29, 1.82) is 0 Å². The molecule has 1 amide bonds. The molecule has 1 aliphatic rings. The van der Waals surface area contributed by atoms with Gasteiger partial charge in [-0.15, -0.1) is 5.10 Å². The lowest BCUT2D eigenvalue weighted by molar-refractivity contribution is 0.0945. The maximum atomic E-state index is 12.2. The van der Waals surface area contributed by atoms with Gasteiger partial charge in [-0.1, -0.05) is 5.21 Å². The third-order valence-electron chi connectivity index (χ3n) is 4.18. The van der Waals surface area contributed by atoms with Crippen LogP contribution in [0.1, 0.15) is 35.9 Å². The lowest BCUT2D eigenvalue weighted by atomic mass is 10.00. The Balaban J connectivity index is 1.53. The molecule has 8 nitrogen and oxygen atoms in total. The largest absolute Gasteiger partial charge is 0.345 e. The Morgan fingerprint density at radius 3 is 3.22 bits per heavy atom. The molecule has 0 saturated carbocycles. The number of aromatic nitrogens is 5. The molecule has 2 aromatic rings. The minimum absolute atomic E-state index is 0.207.